The zero-order valence-electron chi connectivity index (χ0n) is 11.3. The molecule has 0 aliphatic heterocycles. The smallest absolute Gasteiger partial charge is 0.341 e. The van der Waals surface area contributed by atoms with Crippen molar-refractivity contribution >= 4 is 23.4 Å². The van der Waals surface area contributed by atoms with Crippen LogP contribution in [-0.2, 0) is 0 Å². The van der Waals surface area contributed by atoms with Gasteiger partial charge in [-0.1, -0.05) is 17.7 Å². The van der Waals surface area contributed by atoms with Crippen molar-refractivity contribution < 1.29 is 14.7 Å². The summed E-state index contributed by atoms with van der Waals surface area (Å²) >= 11 is 5.99. The molecule has 0 bridgehead atoms. The molecule has 0 aliphatic carbocycles. The largest absolute Gasteiger partial charge is 0.477 e. The Kier molecular flexibility index (Phi) is 3.90. The Balaban J connectivity index is 2.85. The molecule has 0 spiro atoms. The fourth-order valence-corrected chi connectivity index (χ4v) is 1.98. The predicted molar refractivity (Wildman–Crippen MR) is 76.5 cm³/mol. The Bertz CT molecular complexity index is 811. The highest BCUT2D eigenvalue weighted by molar-refractivity contribution is 6.31. The van der Waals surface area contributed by atoms with Gasteiger partial charge in [-0.15, -0.1) is 0 Å². The fourth-order valence-electron chi connectivity index (χ4n) is 1.81. The third-order valence-corrected chi connectivity index (χ3v) is 3.38. The van der Waals surface area contributed by atoms with E-state index in [9.17, 15) is 14.4 Å². The van der Waals surface area contributed by atoms with E-state index in [0.717, 1.165) is 10.7 Å². The molecule has 1 aromatic heterocycles. The van der Waals surface area contributed by atoms with Gasteiger partial charge in [0.15, 0.2) is 5.78 Å². The summed E-state index contributed by atoms with van der Waals surface area (Å²) in [7, 11) is 0. The van der Waals surface area contributed by atoms with Crippen LogP contribution in [0.1, 0.15) is 33.3 Å². The summed E-state index contributed by atoms with van der Waals surface area (Å²) in [6.07, 6.45) is 0. The zero-order valence-corrected chi connectivity index (χ0v) is 12.0. The third-order valence-electron chi connectivity index (χ3n) is 2.97. The SMILES string of the molecule is CC(=O)c1cc(C(=O)O)c(=O)n(-c2cccc(Cl)c2C)n1. The monoisotopic (exact) mass is 306 g/mol. The van der Waals surface area contributed by atoms with Crippen LogP contribution in [0, 0.1) is 6.92 Å². The summed E-state index contributed by atoms with van der Waals surface area (Å²) in [5, 5.41) is 13.4. The number of carbonyl (C=O) groups excluding carboxylic acids is 1. The van der Waals surface area contributed by atoms with E-state index >= 15 is 0 Å². The molecule has 7 heteroatoms. The van der Waals surface area contributed by atoms with Gasteiger partial charge in [-0.25, -0.2) is 4.79 Å². The Morgan fingerprint density at radius 3 is 2.57 bits per heavy atom. The number of benzene rings is 1. The van der Waals surface area contributed by atoms with Crippen molar-refractivity contribution in [2.24, 2.45) is 0 Å². The van der Waals surface area contributed by atoms with E-state index in [1.54, 1.807) is 25.1 Å². The first kappa shape index (κ1) is 14.9. The van der Waals surface area contributed by atoms with Gasteiger partial charge in [0.05, 0.1) is 5.69 Å². The lowest BCUT2D eigenvalue weighted by Crippen LogP contribution is -2.29. The maximum absolute atomic E-state index is 12.2. The van der Waals surface area contributed by atoms with Crippen molar-refractivity contribution in [1.29, 1.82) is 0 Å². The molecule has 108 valence electrons. The van der Waals surface area contributed by atoms with E-state index in [1.807, 2.05) is 0 Å². The Hall–Kier alpha value is -2.47. The summed E-state index contributed by atoms with van der Waals surface area (Å²) in [5.74, 6) is -1.86. The molecule has 21 heavy (non-hydrogen) atoms. The van der Waals surface area contributed by atoms with Gasteiger partial charge in [-0.3, -0.25) is 9.59 Å². The maximum atomic E-state index is 12.2. The number of Topliss-reactive ketones (excluding diaryl/α,β-unsaturated/α-hetero) is 1. The van der Waals surface area contributed by atoms with E-state index in [0.29, 0.717) is 16.3 Å². The lowest BCUT2D eigenvalue weighted by Gasteiger charge is -2.11. The molecule has 0 atom stereocenters. The molecular formula is C14H11ClN2O4. The van der Waals surface area contributed by atoms with Crippen LogP contribution in [-0.4, -0.2) is 26.6 Å². The first-order valence-corrected chi connectivity index (χ1v) is 6.35. The van der Waals surface area contributed by atoms with Gasteiger partial charge in [0.25, 0.3) is 5.56 Å². The van der Waals surface area contributed by atoms with Crippen LogP contribution in [0.2, 0.25) is 5.02 Å². The van der Waals surface area contributed by atoms with Gasteiger partial charge in [0.2, 0.25) is 0 Å². The lowest BCUT2D eigenvalue weighted by atomic mass is 10.2. The number of halogens is 1. The first-order valence-electron chi connectivity index (χ1n) is 5.97. The van der Waals surface area contributed by atoms with Crippen molar-refractivity contribution in [2.75, 3.05) is 0 Å². The van der Waals surface area contributed by atoms with Crippen molar-refractivity contribution in [1.82, 2.24) is 9.78 Å². The van der Waals surface area contributed by atoms with Crippen molar-refractivity contribution in [2.45, 2.75) is 13.8 Å². The summed E-state index contributed by atoms with van der Waals surface area (Å²) in [4.78, 5) is 34.8. The Morgan fingerprint density at radius 2 is 2.00 bits per heavy atom. The van der Waals surface area contributed by atoms with Crippen molar-refractivity contribution in [3.8, 4) is 5.69 Å². The summed E-state index contributed by atoms with van der Waals surface area (Å²) in [5.41, 5.74) is -0.553. The number of carboxylic acid groups (broad SMARTS) is 1. The standard InChI is InChI=1S/C14H11ClN2O4/c1-7-10(15)4-3-5-12(7)17-13(19)9(14(20)21)6-11(16-17)8(2)18/h3-6H,1-2H3,(H,20,21). The van der Waals surface area contributed by atoms with Crippen LogP contribution in [0.25, 0.3) is 5.69 Å². The highest BCUT2D eigenvalue weighted by Gasteiger charge is 2.18. The van der Waals surface area contributed by atoms with Crippen LogP contribution in [0.5, 0.6) is 0 Å². The molecule has 0 aliphatic rings. The third kappa shape index (κ3) is 2.71. The second kappa shape index (κ2) is 5.49. The minimum absolute atomic E-state index is 0.105. The van der Waals surface area contributed by atoms with E-state index in [2.05, 4.69) is 5.10 Å². The molecule has 0 fully saturated rings. The van der Waals surface area contributed by atoms with Gasteiger partial charge in [-0.05, 0) is 30.7 Å². The molecule has 0 saturated carbocycles. The molecule has 0 amide bonds. The molecule has 1 aromatic carbocycles. The molecule has 6 nitrogen and oxygen atoms in total. The van der Waals surface area contributed by atoms with Crippen LogP contribution in [0.15, 0.2) is 29.1 Å². The van der Waals surface area contributed by atoms with Crippen LogP contribution in [0.3, 0.4) is 0 Å². The zero-order chi connectivity index (χ0) is 15.7. The summed E-state index contributed by atoms with van der Waals surface area (Å²) in [6, 6.07) is 5.80. The number of aromatic carboxylic acids is 1. The number of hydrogen-bond acceptors (Lipinski definition) is 4. The number of nitrogens with zero attached hydrogens (tertiary/aromatic N) is 2. The number of ketones is 1. The van der Waals surface area contributed by atoms with E-state index in [-0.39, 0.29) is 5.69 Å². The average Bonchev–Trinajstić information content (AvgIpc) is 2.42. The molecule has 1 heterocycles. The van der Waals surface area contributed by atoms with E-state index in [4.69, 9.17) is 16.7 Å². The lowest BCUT2D eigenvalue weighted by molar-refractivity contribution is 0.0694. The van der Waals surface area contributed by atoms with Crippen LogP contribution < -0.4 is 5.56 Å². The van der Waals surface area contributed by atoms with Gasteiger partial charge >= 0.3 is 5.97 Å². The average molecular weight is 307 g/mol. The molecule has 2 rings (SSSR count). The second-order valence-corrected chi connectivity index (χ2v) is 4.81. The van der Waals surface area contributed by atoms with Crippen LogP contribution >= 0.6 is 11.6 Å². The number of aromatic nitrogens is 2. The Labute approximate surface area is 124 Å². The maximum Gasteiger partial charge on any atom is 0.341 e. The van der Waals surface area contributed by atoms with Gasteiger partial charge in [-0.2, -0.15) is 9.78 Å². The molecule has 2 aromatic rings. The molecule has 1 N–H and O–H groups in total. The summed E-state index contributed by atoms with van der Waals surface area (Å²) < 4.78 is 0.890. The number of rotatable bonds is 3. The highest BCUT2D eigenvalue weighted by atomic mass is 35.5. The molecule has 0 radical (unpaired) electrons. The topological polar surface area (TPSA) is 89.3 Å². The molecule has 0 saturated heterocycles. The van der Waals surface area contributed by atoms with Crippen LogP contribution in [0.4, 0.5) is 0 Å². The number of hydrogen-bond donors (Lipinski definition) is 1. The summed E-state index contributed by atoms with van der Waals surface area (Å²) in [6.45, 7) is 2.92. The first-order chi connectivity index (χ1) is 9.82. The van der Waals surface area contributed by atoms with Gasteiger partial charge in [0.1, 0.15) is 11.3 Å². The van der Waals surface area contributed by atoms with E-state index < -0.39 is 22.9 Å². The van der Waals surface area contributed by atoms with Gasteiger partial charge in [0, 0.05) is 11.9 Å². The number of carbonyl (C=O) groups is 2. The minimum atomic E-state index is -1.42. The number of carboxylic acids is 1. The Morgan fingerprint density at radius 1 is 1.33 bits per heavy atom. The van der Waals surface area contributed by atoms with Gasteiger partial charge < -0.3 is 5.11 Å². The van der Waals surface area contributed by atoms with E-state index in [1.165, 1.54) is 6.92 Å². The molecule has 0 unspecified atom stereocenters. The van der Waals surface area contributed by atoms with Crippen molar-refractivity contribution in [3.63, 3.8) is 0 Å². The fraction of sp³-hybridized carbons (Fsp3) is 0.143. The second-order valence-electron chi connectivity index (χ2n) is 4.41. The quantitative estimate of drug-likeness (QED) is 0.877. The predicted octanol–water partition coefficient (Wildman–Crippen LogP) is 2.10. The molecular weight excluding hydrogens is 296 g/mol. The normalized spacial score (nSPS) is 10.4. The minimum Gasteiger partial charge on any atom is -0.477 e. The highest BCUT2D eigenvalue weighted by Crippen LogP contribution is 2.20. The van der Waals surface area contributed by atoms with Crippen molar-refractivity contribution in [3.05, 3.63) is 56.5 Å².